The van der Waals surface area contributed by atoms with Gasteiger partial charge in [-0.25, -0.2) is 14.2 Å². The second-order valence-corrected chi connectivity index (χ2v) is 7.32. The summed E-state index contributed by atoms with van der Waals surface area (Å²) >= 11 is 0. The largest absolute Gasteiger partial charge is 0.444 e. The third kappa shape index (κ3) is 4.47. The Labute approximate surface area is 152 Å². The fraction of sp³-hybridized carbons (Fsp3) is 0.421. The number of alkyl carbamates (subject to hydrolysis) is 1. The molecule has 1 aromatic carbocycles. The summed E-state index contributed by atoms with van der Waals surface area (Å²) < 4.78 is 19.3. The SMILES string of the molecule is CC(C)(C)OC(=O)N[C@@H]1CCN(c2cncc(-c3ccccc3F)n2)C1. The molecule has 1 atom stereocenters. The lowest BCUT2D eigenvalue weighted by atomic mass is 10.1. The van der Waals surface area contributed by atoms with Crippen LogP contribution in [0.3, 0.4) is 0 Å². The van der Waals surface area contributed by atoms with Gasteiger partial charge in [0.15, 0.2) is 0 Å². The average molecular weight is 358 g/mol. The molecule has 3 rings (SSSR count). The minimum absolute atomic E-state index is 0.0243. The van der Waals surface area contributed by atoms with E-state index in [4.69, 9.17) is 4.74 Å². The smallest absolute Gasteiger partial charge is 0.407 e. The van der Waals surface area contributed by atoms with Crippen molar-refractivity contribution in [2.75, 3.05) is 18.0 Å². The lowest BCUT2D eigenvalue weighted by Gasteiger charge is -2.22. The highest BCUT2D eigenvalue weighted by Crippen LogP contribution is 2.24. The van der Waals surface area contributed by atoms with Crippen LogP contribution in [0.15, 0.2) is 36.7 Å². The zero-order valence-electron chi connectivity index (χ0n) is 15.2. The number of benzene rings is 1. The number of carbonyl (C=O) groups is 1. The van der Waals surface area contributed by atoms with Gasteiger partial charge in [-0.15, -0.1) is 0 Å². The first-order chi connectivity index (χ1) is 12.3. The molecule has 2 heterocycles. The van der Waals surface area contributed by atoms with Crippen molar-refractivity contribution < 1.29 is 13.9 Å². The first-order valence-electron chi connectivity index (χ1n) is 8.63. The number of nitrogens with one attached hydrogen (secondary N) is 1. The fourth-order valence-electron chi connectivity index (χ4n) is 2.87. The van der Waals surface area contributed by atoms with E-state index in [1.54, 1.807) is 30.6 Å². The summed E-state index contributed by atoms with van der Waals surface area (Å²) in [7, 11) is 0. The average Bonchev–Trinajstić information content (AvgIpc) is 3.02. The van der Waals surface area contributed by atoms with Crippen LogP contribution in [0.4, 0.5) is 15.0 Å². The highest BCUT2D eigenvalue weighted by Gasteiger charge is 2.27. The van der Waals surface area contributed by atoms with Gasteiger partial charge in [0.05, 0.1) is 24.1 Å². The highest BCUT2D eigenvalue weighted by molar-refractivity contribution is 5.68. The van der Waals surface area contributed by atoms with Crippen LogP contribution in [0.1, 0.15) is 27.2 Å². The molecule has 0 saturated carbocycles. The molecule has 1 amide bonds. The number of anilines is 1. The van der Waals surface area contributed by atoms with E-state index < -0.39 is 11.7 Å². The van der Waals surface area contributed by atoms with Crippen molar-refractivity contribution in [1.29, 1.82) is 0 Å². The molecule has 0 aliphatic carbocycles. The number of amides is 1. The number of hydrogen-bond donors (Lipinski definition) is 1. The molecule has 2 aromatic rings. The van der Waals surface area contributed by atoms with Gasteiger partial charge < -0.3 is 15.0 Å². The van der Waals surface area contributed by atoms with E-state index in [1.807, 2.05) is 25.7 Å². The van der Waals surface area contributed by atoms with E-state index >= 15 is 0 Å². The third-order valence-corrected chi connectivity index (χ3v) is 4.00. The van der Waals surface area contributed by atoms with E-state index in [9.17, 15) is 9.18 Å². The highest BCUT2D eigenvalue weighted by atomic mass is 19.1. The zero-order chi connectivity index (χ0) is 18.7. The summed E-state index contributed by atoms with van der Waals surface area (Å²) in [6.07, 6.45) is 3.56. The van der Waals surface area contributed by atoms with Crippen LogP contribution in [-0.2, 0) is 4.74 Å². The minimum atomic E-state index is -0.526. The van der Waals surface area contributed by atoms with Gasteiger partial charge in [-0.05, 0) is 39.3 Å². The maximum Gasteiger partial charge on any atom is 0.407 e. The Morgan fingerprint density at radius 2 is 2.08 bits per heavy atom. The number of rotatable bonds is 3. The Kier molecular flexibility index (Phi) is 5.06. The van der Waals surface area contributed by atoms with Crippen LogP contribution in [0.2, 0.25) is 0 Å². The van der Waals surface area contributed by atoms with Crippen molar-refractivity contribution in [3.63, 3.8) is 0 Å². The maximum absolute atomic E-state index is 14.0. The van der Waals surface area contributed by atoms with Gasteiger partial charge in [-0.1, -0.05) is 12.1 Å². The Morgan fingerprint density at radius 3 is 2.81 bits per heavy atom. The Balaban J connectivity index is 1.67. The van der Waals surface area contributed by atoms with Crippen molar-refractivity contribution in [3.8, 4) is 11.3 Å². The molecule has 138 valence electrons. The Hall–Kier alpha value is -2.70. The molecule has 1 fully saturated rings. The summed E-state index contributed by atoms with van der Waals surface area (Å²) in [5.74, 6) is 0.337. The van der Waals surface area contributed by atoms with Crippen molar-refractivity contribution in [3.05, 3.63) is 42.5 Å². The zero-order valence-corrected chi connectivity index (χ0v) is 15.2. The lowest BCUT2D eigenvalue weighted by Crippen LogP contribution is -2.40. The van der Waals surface area contributed by atoms with Gasteiger partial charge in [-0.3, -0.25) is 4.98 Å². The molecule has 7 heteroatoms. The van der Waals surface area contributed by atoms with E-state index in [2.05, 4.69) is 15.3 Å². The van der Waals surface area contributed by atoms with Crippen molar-refractivity contribution in [2.24, 2.45) is 0 Å². The summed E-state index contributed by atoms with van der Waals surface area (Å²) in [5.41, 5.74) is 0.385. The normalized spacial score (nSPS) is 17.2. The first-order valence-corrected chi connectivity index (χ1v) is 8.63. The van der Waals surface area contributed by atoms with Gasteiger partial charge in [-0.2, -0.15) is 0 Å². The molecule has 0 spiro atoms. The topological polar surface area (TPSA) is 67.3 Å². The van der Waals surface area contributed by atoms with E-state index in [0.29, 0.717) is 23.6 Å². The minimum Gasteiger partial charge on any atom is -0.444 e. The van der Waals surface area contributed by atoms with Gasteiger partial charge in [0.25, 0.3) is 0 Å². The molecule has 1 aliphatic rings. The summed E-state index contributed by atoms with van der Waals surface area (Å²) in [6.45, 7) is 6.83. The predicted molar refractivity (Wildman–Crippen MR) is 97.4 cm³/mol. The predicted octanol–water partition coefficient (Wildman–Crippen LogP) is 3.39. The Bertz CT molecular complexity index is 791. The standard InChI is InChI=1S/C19H23FN4O2/c1-19(2,3)26-18(25)22-13-8-9-24(12-13)17-11-21-10-16(23-17)14-6-4-5-7-15(14)20/h4-7,10-11,13H,8-9,12H2,1-3H3,(H,22,25)/t13-/m1/s1. The van der Waals surface area contributed by atoms with E-state index in [1.165, 1.54) is 6.07 Å². The second-order valence-electron chi connectivity index (χ2n) is 7.32. The number of carbonyl (C=O) groups excluding carboxylic acids is 1. The summed E-state index contributed by atoms with van der Waals surface area (Å²) in [5, 5.41) is 2.88. The van der Waals surface area contributed by atoms with Crippen LogP contribution < -0.4 is 10.2 Å². The quantitative estimate of drug-likeness (QED) is 0.911. The lowest BCUT2D eigenvalue weighted by molar-refractivity contribution is 0.0509. The second kappa shape index (κ2) is 7.27. The van der Waals surface area contributed by atoms with E-state index in [0.717, 1.165) is 13.0 Å². The molecule has 1 saturated heterocycles. The summed E-state index contributed by atoms with van der Waals surface area (Å²) in [4.78, 5) is 22.7. The third-order valence-electron chi connectivity index (χ3n) is 4.00. The Morgan fingerprint density at radius 1 is 1.31 bits per heavy atom. The summed E-state index contributed by atoms with van der Waals surface area (Å²) in [6, 6.07) is 6.47. The van der Waals surface area contributed by atoms with Crippen molar-refractivity contribution >= 4 is 11.9 Å². The van der Waals surface area contributed by atoms with Gasteiger partial charge >= 0.3 is 6.09 Å². The number of aromatic nitrogens is 2. The van der Waals surface area contributed by atoms with Crippen LogP contribution in [0.25, 0.3) is 11.3 Å². The maximum atomic E-state index is 14.0. The molecule has 26 heavy (non-hydrogen) atoms. The van der Waals surface area contributed by atoms with E-state index in [-0.39, 0.29) is 11.9 Å². The number of ether oxygens (including phenoxy) is 1. The number of hydrogen-bond acceptors (Lipinski definition) is 5. The number of halogens is 1. The van der Waals surface area contributed by atoms with Crippen LogP contribution in [0, 0.1) is 5.82 Å². The fourth-order valence-corrected chi connectivity index (χ4v) is 2.87. The van der Waals surface area contributed by atoms with Crippen LogP contribution >= 0.6 is 0 Å². The molecule has 6 nitrogen and oxygen atoms in total. The molecule has 1 N–H and O–H groups in total. The molecular formula is C19H23FN4O2. The molecule has 0 unspecified atom stereocenters. The molecule has 1 aliphatic heterocycles. The van der Waals surface area contributed by atoms with Gasteiger partial charge in [0.2, 0.25) is 0 Å². The molecule has 1 aromatic heterocycles. The van der Waals surface area contributed by atoms with Crippen molar-refractivity contribution in [1.82, 2.24) is 15.3 Å². The molecule has 0 bridgehead atoms. The molecular weight excluding hydrogens is 335 g/mol. The van der Waals surface area contributed by atoms with Gasteiger partial charge in [0.1, 0.15) is 17.2 Å². The van der Waals surface area contributed by atoms with Crippen molar-refractivity contribution in [2.45, 2.75) is 38.8 Å². The monoisotopic (exact) mass is 358 g/mol. The van der Waals surface area contributed by atoms with Crippen LogP contribution in [-0.4, -0.2) is 40.8 Å². The van der Waals surface area contributed by atoms with Gasteiger partial charge in [0, 0.05) is 18.7 Å². The molecule has 0 radical (unpaired) electrons. The van der Waals surface area contributed by atoms with Crippen LogP contribution in [0.5, 0.6) is 0 Å². The first kappa shape index (κ1) is 18.1. The number of nitrogens with zero attached hydrogens (tertiary/aromatic N) is 3.